The summed E-state index contributed by atoms with van der Waals surface area (Å²) in [4.78, 5) is 15.7. The number of nitrogens with two attached hydrogens (primary N) is 1. The highest BCUT2D eigenvalue weighted by molar-refractivity contribution is 7.09. The van der Waals surface area contributed by atoms with Gasteiger partial charge in [-0.2, -0.15) is 0 Å². The predicted molar refractivity (Wildman–Crippen MR) is 53.8 cm³/mol. The van der Waals surface area contributed by atoms with Crippen LogP contribution in [0.2, 0.25) is 0 Å². The summed E-state index contributed by atoms with van der Waals surface area (Å²) in [5, 5.41) is 2.78. The molecule has 72 valence electrons. The van der Waals surface area contributed by atoms with E-state index < -0.39 is 5.54 Å². The van der Waals surface area contributed by atoms with Crippen LogP contribution in [0.15, 0.2) is 5.38 Å². The number of Topliss-reactive ketones (excluding diaryl/α,β-unsaturated/α-hetero) is 1. The van der Waals surface area contributed by atoms with Crippen molar-refractivity contribution in [2.75, 3.05) is 0 Å². The van der Waals surface area contributed by atoms with Gasteiger partial charge in [-0.3, -0.25) is 4.79 Å². The number of carbonyl (C=O) groups excluding carboxylic acids is 1. The van der Waals surface area contributed by atoms with Gasteiger partial charge in [-0.1, -0.05) is 0 Å². The standard InChI is InChI=1S/C9H14N2OS/c1-6-5-13-8(11-6)4-7(12)9(2,3)10/h5H,4,10H2,1-3H3. The molecule has 4 heteroatoms. The Morgan fingerprint density at radius 3 is 2.69 bits per heavy atom. The van der Waals surface area contributed by atoms with Gasteiger partial charge < -0.3 is 5.73 Å². The average molecular weight is 198 g/mol. The zero-order chi connectivity index (χ0) is 10.1. The van der Waals surface area contributed by atoms with Crippen molar-refractivity contribution in [1.82, 2.24) is 4.98 Å². The third-order valence-electron chi connectivity index (χ3n) is 1.70. The van der Waals surface area contributed by atoms with Crippen molar-refractivity contribution in [3.63, 3.8) is 0 Å². The van der Waals surface area contributed by atoms with Crippen molar-refractivity contribution in [3.05, 3.63) is 16.1 Å². The van der Waals surface area contributed by atoms with Crippen LogP contribution in [0.3, 0.4) is 0 Å². The van der Waals surface area contributed by atoms with Crippen LogP contribution in [-0.2, 0) is 11.2 Å². The Bertz CT molecular complexity index is 312. The molecule has 0 fully saturated rings. The first kappa shape index (κ1) is 10.3. The van der Waals surface area contributed by atoms with Gasteiger partial charge in [0, 0.05) is 11.1 Å². The van der Waals surface area contributed by atoms with Crippen molar-refractivity contribution in [1.29, 1.82) is 0 Å². The van der Waals surface area contributed by atoms with E-state index in [4.69, 9.17) is 5.73 Å². The average Bonchev–Trinajstić information content (AvgIpc) is 2.33. The van der Waals surface area contributed by atoms with E-state index in [1.165, 1.54) is 11.3 Å². The van der Waals surface area contributed by atoms with Gasteiger partial charge in [0.1, 0.15) is 5.01 Å². The van der Waals surface area contributed by atoms with E-state index in [0.29, 0.717) is 6.42 Å². The predicted octanol–water partition coefficient (Wildman–Crippen LogP) is 1.30. The van der Waals surface area contributed by atoms with Crippen molar-refractivity contribution in [2.24, 2.45) is 5.73 Å². The third-order valence-corrected chi connectivity index (χ3v) is 2.66. The van der Waals surface area contributed by atoms with E-state index in [1.54, 1.807) is 13.8 Å². The van der Waals surface area contributed by atoms with Gasteiger partial charge in [-0.25, -0.2) is 4.98 Å². The van der Waals surface area contributed by atoms with Crippen LogP contribution in [0.25, 0.3) is 0 Å². The summed E-state index contributed by atoms with van der Waals surface area (Å²) in [6, 6.07) is 0. The first-order chi connectivity index (χ1) is 5.89. The molecule has 0 saturated heterocycles. The van der Waals surface area contributed by atoms with E-state index in [-0.39, 0.29) is 5.78 Å². The number of carbonyl (C=O) groups is 1. The Hall–Kier alpha value is -0.740. The quantitative estimate of drug-likeness (QED) is 0.796. The fourth-order valence-corrected chi connectivity index (χ4v) is 1.62. The van der Waals surface area contributed by atoms with E-state index in [2.05, 4.69) is 4.98 Å². The summed E-state index contributed by atoms with van der Waals surface area (Å²) in [5.74, 6) is 0.0295. The molecule has 3 nitrogen and oxygen atoms in total. The van der Waals surface area contributed by atoms with Crippen molar-refractivity contribution in [2.45, 2.75) is 32.7 Å². The number of aryl methyl sites for hydroxylation is 1. The molecular formula is C9H14N2OS. The smallest absolute Gasteiger partial charge is 0.158 e. The molecule has 0 unspecified atom stereocenters. The minimum absolute atomic E-state index is 0.0295. The van der Waals surface area contributed by atoms with Gasteiger partial charge >= 0.3 is 0 Å². The Morgan fingerprint density at radius 2 is 2.31 bits per heavy atom. The molecular weight excluding hydrogens is 184 g/mol. The molecule has 1 heterocycles. The topological polar surface area (TPSA) is 56.0 Å². The van der Waals surface area contributed by atoms with Gasteiger partial charge in [0.25, 0.3) is 0 Å². The van der Waals surface area contributed by atoms with Crippen LogP contribution < -0.4 is 5.73 Å². The molecule has 0 bridgehead atoms. The van der Waals surface area contributed by atoms with Crippen LogP contribution in [0, 0.1) is 6.92 Å². The monoisotopic (exact) mass is 198 g/mol. The number of thiazole rings is 1. The van der Waals surface area contributed by atoms with Crippen LogP contribution in [-0.4, -0.2) is 16.3 Å². The maximum Gasteiger partial charge on any atom is 0.158 e. The first-order valence-corrected chi connectivity index (χ1v) is 5.01. The molecule has 1 rings (SSSR count). The number of hydrogen-bond acceptors (Lipinski definition) is 4. The lowest BCUT2D eigenvalue weighted by Crippen LogP contribution is -2.42. The molecule has 0 spiro atoms. The summed E-state index contributed by atoms with van der Waals surface area (Å²) >= 11 is 1.51. The zero-order valence-electron chi connectivity index (χ0n) is 8.13. The van der Waals surface area contributed by atoms with E-state index in [1.807, 2.05) is 12.3 Å². The molecule has 2 N–H and O–H groups in total. The number of hydrogen-bond donors (Lipinski definition) is 1. The lowest BCUT2D eigenvalue weighted by molar-refractivity contribution is -0.122. The molecule has 1 aromatic rings. The number of nitrogens with zero attached hydrogens (tertiary/aromatic N) is 1. The van der Waals surface area contributed by atoms with Gasteiger partial charge in [-0.05, 0) is 20.8 Å². The van der Waals surface area contributed by atoms with E-state index in [9.17, 15) is 4.79 Å². The molecule has 1 aromatic heterocycles. The van der Waals surface area contributed by atoms with Gasteiger partial charge in [0.15, 0.2) is 5.78 Å². The summed E-state index contributed by atoms with van der Waals surface area (Å²) < 4.78 is 0. The minimum atomic E-state index is -0.750. The lowest BCUT2D eigenvalue weighted by Gasteiger charge is -2.15. The van der Waals surface area contributed by atoms with Crippen LogP contribution in [0.4, 0.5) is 0 Å². The van der Waals surface area contributed by atoms with Crippen LogP contribution in [0.5, 0.6) is 0 Å². The maximum absolute atomic E-state index is 11.5. The van der Waals surface area contributed by atoms with Gasteiger partial charge in [0.2, 0.25) is 0 Å². The maximum atomic E-state index is 11.5. The minimum Gasteiger partial charge on any atom is -0.319 e. The van der Waals surface area contributed by atoms with Gasteiger partial charge in [-0.15, -0.1) is 11.3 Å². The second-order valence-corrected chi connectivity index (χ2v) is 4.65. The zero-order valence-corrected chi connectivity index (χ0v) is 8.94. The Labute approximate surface area is 82.0 Å². The number of aromatic nitrogens is 1. The Morgan fingerprint density at radius 1 is 1.69 bits per heavy atom. The summed E-state index contributed by atoms with van der Waals surface area (Å²) in [5.41, 5.74) is 5.87. The largest absolute Gasteiger partial charge is 0.319 e. The fourth-order valence-electron chi connectivity index (χ4n) is 0.849. The fraction of sp³-hybridized carbons (Fsp3) is 0.556. The third kappa shape index (κ3) is 2.90. The molecule has 0 atom stereocenters. The van der Waals surface area contributed by atoms with Crippen molar-refractivity contribution >= 4 is 17.1 Å². The highest BCUT2D eigenvalue weighted by atomic mass is 32.1. The Balaban J connectivity index is 2.65. The van der Waals surface area contributed by atoms with Crippen LogP contribution >= 0.6 is 11.3 Å². The van der Waals surface area contributed by atoms with E-state index in [0.717, 1.165) is 10.7 Å². The summed E-state index contributed by atoms with van der Waals surface area (Å²) in [7, 11) is 0. The molecule has 0 aromatic carbocycles. The van der Waals surface area contributed by atoms with E-state index >= 15 is 0 Å². The second kappa shape index (κ2) is 3.55. The van der Waals surface area contributed by atoms with Crippen LogP contribution in [0.1, 0.15) is 24.5 Å². The van der Waals surface area contributed by atoms with Gasteiger partial charge in [0.05, 0.1) is 12.0 Å². The molecule has 0 aliphatic heterocycles. The Kier molecular flexibility index (Phi) is 2.83. The SMILES string of the molecule is Cc1csc(CC(=O)C(C)(C)N)n1. The molecule has 0 aliphatic carbocycles. The normalized spacial score (nSPS) is 11.7. The molecule has 0 saturated carbocycles. The summed E-state index contributed by atoms with van der Waals surface area (Å²) in [6.07, 6.45) is 0.349. The lowest BCUT2D eigenvalue weighted by atomic mass is 9.99. The second-order valence-electron chi connectivity index (χ2n) is 3.70. The molecule has 0 aliphatic rings. The highest BCUT2D eigenvalue weighted by Gasteiger charge is 2.22. The number of rotatable bonds is 3. The molecule has 0 radical (unpaired) electrons. The summed E-state index contributed by atoms with van der Waals surface area (Å²) in [6.45, 7) is 5.35. The molecule has 0 amide bonds. The van der Waals surface area contributed by atoms with Crippen molar-refractivity contribution < 1.29 is 4.79 Å². The van der Waals surface area contributed by atoms with Crippen molar-refractivity contribution in [3.8, 4) is 0 Å². The molecule has 13 heavy (non-hydrogen) atoms. The first-order valence-electron chi connectivity index (χ1n) is 4.13. The number of ketones is 1. The highest BCUT2D eigenvalue weighted by Crippen LogP contribution is 2.12.